The van der Waals surface area contributed by atoms with Gasteiger partial charge in [-0.2, -0.15) is 0 Å². The predicted molar refractivity (Wildman–Crippen MR) is 79.6 cm³/mol. The molecule has 0 amide bonds. The van der Waals surface area contributed by atoms with Crippen LogP contribution in [-0.4, -0.2) is 13.2 Å². The summed E-state index contributed by atoms with van der Waals surface area (Å²) >= 11 is 0. The first-order valence-corrected chi connectivity index (χ1v) is 7.57. The van der Waals surface area contributed by atoms with E-state index in [0.29, 0.717) is 0 Å². The van der Waals surface area contributed by atoms with E-state index < -0.39 is 0 Å². The van der Waals surface area contributed by atoms with Crippen molar-refractivity contribution in [2.45, 2.75) is 66.2 Å². The smallest absolute Gasteiger partial charge is 0.138 e. The number of hydrogen-bond donors (Lipinski definition) is 0. The van der Waals surface area contributed by atoms with Gasteiger partial charge in [0.25, 0.3) is 0 Å². The molecule has 0 spiro atoms. The molecule has 3 heteroatoms. The molecule has 112 valence electrons. The Hall–Kier alpha value is -1.12. The largest absolute Gasteiger partial charge is 0.498 e. The lowest BCUT2D eigenvalue weighted by molar-refractivity contribution is 0.184. The van der Waals surface area contributed by atoms with Crippen LogP contribution >= 0.6 is 0 Å². The van der Waals surface area contributed by atoms with Gasteiger partial charge in [-0.1, -0.05) is 27.7 Å². The van der Waals surface area contributed by atoms with Crippen LogP contribution < -0.4 is 0 Å². The minimum atomic E-state index is 0.732. The summed E-state index contributed by atoms with van der Waals surface area (Å²) < 4.78 is 16.8. The van der Waals surface area contributed by atoms with Crippen LogP contribution in [0.2, 0.25) is 0 Å². The van der Waals surface area contributed by atoms with Crippen molar-refractivity contribution in [3.05, 3.63) is 24.0 Å². The third-order valence-electron chi connectivity index (χ3n) is 2.33. The van der Waals surface area contributed by atoms with Gasteiger partial charge in [0.05, 0.1) is 13.2 Å². The van der Waals surface area contributed by atoms with Crippen LogP contribution in [0.4, 0.5) is 0 Å². The molecular weight excluding hydrogens is 240 g/mol. The van der Waals surface area contributed by atoms with E-state index in [2.05, 4.69) is 27.7 Å². The van der Waals surface area contributed by atoms with Gasteiger partial charge in [-0.3, -0.25) is 0 Å². The Morgan fingerprint density at radius 2 is 1.11 bits per heavy atom. The molecule has 0 aliphatic heterocycles. The maximum absolute atomic E-state index is 5.90. The Morgan fingerprint density at radius 1 is 0.684 bits per heavy atom. The summed E-state index contributed by atoms with van der Waals surface area (Å²) in [6.07, 6.45) is 9.36. The first kappa shape index (κ1) is 17.9. The highest BCUT2D eigenvalue weighted by atomic mass is 16.5. The Morgan fingerprint density at radius 3 is 1.42 bits per heavy atom. The van der Waals surface area contributed by atoms with Gasteiger partial charge in [0.2, 0.25) is 0 Å². The first-order chi connectivity index (χ1) is 9.28. The Labute approximate surface area is 118 Å². The summed E-state index contributed by atoms with van der Waals surface area (Å²) in [4.78, 5) is 0. The molecule has 3 nitrogen and oxygen atoms in total. The van der Waals surface area contributed by atoms with Gasteiger partial charge < -0.3 is 14.2 Å². The molecule has 0 aliphatic rings. The van der Waals surface area contributed by atoms with Gasteiger partial charge in [-0.25, -0.2) is 0 Å². The molecule has 0 aromatic carbocycles. The van der Waals surface area contributed by atoms with Crippen molar-refractivity contribution < 1.29 is 14.2 Å². The van der Waals surface area contributed by atoms with Crippen molar-refractivity contribution in [1.29, 1.82) is 0 Å². The molecule has 0 rings (SSSR count). The van der Waals surface area contributed by atoms with Crippen LogP contribution in [0.5, 0.6) is 0 Å². The molecule has 0 saturated carbocycles. The van der Waals surface area contributed by atoms with E-state index in [4.69, 9.17) is 14.2 Å². The van der Waals surface area contributed by atoms with Gasteiger partial charge in [-0.15, -0.1) is 0 Å². The molecule has 0 N–H and O–H groups in total. The van der Waals surface area contributed by atoms with Crippen molar-refractivity contribution in [3.8, 4) is 0 Å². The summed E-state index contributed by atoms with van der Waals surface area (Å²) in [6, 6.07) is 0. The van der Waals surface area contributed by atoms with E-state index in [1.165, 1.54) is 0 Å². The summed E-state index contributed by atoms with van der Waals surface area (Å²) in [5.41, 5.74) is 0. The van der Waals surface area contributed by atoms with Crippen molar-refractivity contribution in [2.75, 3.05) is 13.2 Å². The lowest BCUT2D eigenvalue weighted by Gasteiger charge is -2.12. The van der Waals surface area contributed by atoms with Crippen LogP contribution in [0.1, 0.15) is 66.2 Å². The molecule has 0 unspecified atom stereocenters. The minimum Gasteiger partial charge on any atom is -0.498 e. The fourth-order valence-corrected chi connectivity index (χ4v) is 1.47. The summed E-state index contributed by atoms with van der Waals surface area (Å²) in [5, 5.41) is 0. The van der Waals surface area contributed by atoms with Gasteiger partial charge >= 0.3 is 0 Å². The maximum Gasteiger partial charge on any atom is 0.138 e. The normalized spacial score (nSPS) is 12.4. The predicted octanol–water partition coefficient (Wildman–Crippen LogP) is 5.14. The molecule has 0 bridgehead atoms. The second-order valence-electron chi connectivity index (χ2n) is 4.51. The zero-order chi connectivity index (χ0) is 14.3. The highest BCUT2D eigenvalue weighted by Crippen LogP contribution is 2.16. The molecule has 0 radical (unpaired) electrons. The molecule has 0 fully saturated rings. The van der Waals surface area contributed by atoms with Crippen molar-refractivity contribution in [3.63, 3.8) is 0 Å². The van der Waals surface area contributed by atoms with Crippen molar-refractivity contribution >= 4 is 0 Å². The number of hydrogen-bond acceptors (Lipinski definition) is 3. The average molecular weight is 270 g/mol. The second-order valence-corrected chi connectivity index (χ2v) is 4.51. The molecular formula is C16H30O3. The number of rotatable bonds is 12. The van der Waals surface area contributed by atoms with Crippen LogP contribution in [0.3, 0.4) is 0 Å². The van der Waals surface area contributed by atoms with Gasteiger partial charge in [-0.05, 0) is 25.7 Å². The average Bonchev–Trinajstić information content (AvgIpc) is 2.39. The van der Waals surface area contributed by atoms with E-state index in [1.807, 2.05) is 0 Å². The molecule has 0 saturated heterocycles. The highest BCUT2D eigenvalue weighted by Gasteiger charge is 2.04. The number of ether oxygens (including phenoxy) is 3. The molecule has 0 atom stereocenters. The summed E-state index contributed by atoms with van der Waals surface area (Å²) in [5.74, 6) is 1.77. The van der Waals surface area contributed by atoms with Gasteiger partial charge in [0, 0.05) is 12.8 Å². The lowest BCUT2D eigenvalue weighted by Crippen LogP contribution is -1.98. The van der Waals surface area contributed by atoms with Crippen LogP contribution in [0.15, 0.2) is 24.0 Å². The van der Waals surface area contributed by atoms with E-state index in [0.717, 1.165) is 63.3 Å². The third kappa shape index (κ3) is 10.5. The zero-order valence-corrected chi connectivity index (χ0v) is 13.0. The SMILES string of the molecule is CCCOC=C(CCC)OC(=COCCC)CCC. The quantitative estimate of drug-likeness (QED) is 0.363. The topological polar surface area (TPSA) is 27.7 Å². The Bertz CT molecular complexity index is 231. The maximum atomic E-state index is 5.90. The third-order valence-corrected chi connectivity index (χ3v) is 2.33. The van der Waals surface area contributed by atoms with Crippen LogP contribution in [0, 0.1) is 0 Å². The summed E-state index contributed by atoms with van der Waals surface area (Å²) in [7, 11) is 0. The lowest BCUT2D eigenvalue weighted by atomic mass is 10.3. The van der Waals surface area contributed by atoms with E-state index in [9.17, 15) is 0 Å². The second kappa shape index (κ2) is 13.3. The molecule has 0 heterocycles. The molecule has 0 aliphatic carbocycles. The van der Waals surface area contributed by atoms with Gasteiger partial charge in [0.15, 0.2) is 0 Å². The molecule has 19 heavy (non-hydrogen) atoms. The fraction of sp³-hybridized carbons (Fsp3) is 0.750. The van der Waals surface area contributed by atoms with E-state index in [1.54, 1.807) is 12.5 Å². The van der Waals surface area contributed by atoms with E-state index in [-0.39, 0.29) is 0 Å². The van der Waals surface area contributed by atoms with Crippen LogP contribution in [0.25, 0.3) is 0 Å². The fourth-order valence-electron chi connectivity index (χ4n) is 1.47. The van der Waals surface area contributed by atoms with E-state index >= 15 is 0 Å². The standard InChI is InChI=1S/C16H30O3/c1-5-9-15(13-17-11-7-3)19-16(10-6-2)14-18-12-8-4/h13-14H,5-12H2,1-4H3. The van der Waals surface area contributed by atoms with Crippen LogP contribution in [-0.2, 0) is 14.2 Å². The highest BCUT2D eigenvalue weighted by molar-refractivity contribution is 4.97. The Kier molecular flexibility index (Phi) is 12.5. The van der Waals surface area contributed by atoms with Gasteiger partial charge in [0.1, 0.15) is 24.0 Å². The molecule has 0 aromatic heterocycles. The monoisotopic (exact) mass is 270 g/mol. The number of allylic oxidation sites excluding steroid dienone is 2. The minimum absolute atomic E-state index is 0.732. The molecule has 0 aromatic rings. The van der Waals surface area contributed by atoms with Crippen molar-refractivity contribution in [1.82, 2.24) is 0 Å². The van der Waals surface area contributed by atoms with Crippen molar-refractivity contribution in [2.24, 2.45) is 0 Å². The Balaban J connectivity index is 4.45. The summed E-state index contributed by atoms with van der Waals surface area (Å²) in [6.45, 7) is 9.91. The zero-order valence-electron chi connectivity index (χ0n) is 13.0. The first-order valence-electron chi connectivity index (χ1n) is 7.57.